The predicted molar refractivity (Wildman–Crippen MR) is 160 cm³/mol. The zero-order chi connectivity index (χ0) is 31.9. The summed E-state index contributed by atoms with van der Waals surface area (Å²) in [4.78, 5) is 51.9. The van der Waals surface area contributed by atoms with Crippen molar-refractivity contribution in [2.75, 3.05) is 0 Å². The zero-order valence-electron chi connectivity index (χ0n) is 26.0. The van der Waals surface area contributed by atoms with Crippen LogP contribution in [0.2, 0.25) is 0 Å². The Morgan fingerprint density at radius 2 is 1.39 bits per heavy atom. The summed E-state index contributed by atoms with van der Waals surface area (Å²) < 4.78 is 31.3. The normalized spacial score (nSPS) is 33.6. The summed E-state index contributed by atoms with van der Waals surface area (Å²) >= 11 is 0. The molecule has 0 aromatic heterocycles. The first-order valence-electron chi connectivity index (χ1n) is 15.0. The van der Waals surface area contributed by atoms with Crippen LogP contribution in [0.25, 0.3) is 6.08 Å². The van der Waals surface area contributed by atoms with E-state index in [2.05, 4.69) is 0 Å². The number of rotatable bonds is 7. The SMILES string of the molecule is CC(=O)O[C@@H]1[C@@H](OC(=O)/C=C/c2ccccc2)C[C@@H](C)[C@]23OC(C)(C)[C@H](C[C@H](OC(=O)c4ccccc4)[C@]12C)[C@H]3OC(C)=O. The van der Waals surface area contributed by atoms with Crippen LogP contribution in [0.15, 0.2) is 66.7 Å². The molecule has 2 aliphatic carbocycles. The van der Waals surface area contributed by atoms with E-state index in [-0.39, 0.29) is 24.7 Å². The summed E-state index contributed by atoms with van der Waals surface area (Å²) in [5.41, 5.74) is -2.14. The number of fused-ring (bicyclic) bond motifs is 1. The van der Waals surface area contributed by atoms with Crippen LogP contribution in [0.3, 0.4) is 0 Å². The summed E-state index contributed by atoms with van der Waals surface area (Å²) in [6.45, 7) is 10.3. The molecule has 0 N–H and O–H groups in total. The maximum Gasteiger partial charge on any atom is 0.338 e. The van der Waals surface area contributed by atoms with Gasteiger partial charge >= 0.3 is 23.9 Å². The molecule has 0 amide bonds. The standard InChI is InChI=1S/C35H40O9/c1-21-19-27(42-29(38)18-17-24-13-9-7-10-14-24)31(41-23(3)37)34(6)28(43-32(39)25-15-11-8-12-16-25)20-26-30(40-22(2)36)35(21,34)44-33(26,4)5/h7-18,21,26-28,30-31H,19-20H2,1-6H3/b18-17+/t21-,26-,27+,28+,30-,31-,34-,35-/m1/s1. The van der Waals surface area contributed by atoms with E-state index in [1.807, 2.05) is 58.0 Å². The van der Waals surface area contributed by atoms with Crippen LogP contribution in [0.1, 0.15) is 70.3 Å². The Morgan fingerprint density at radius 1 is 0.795 bits per heavy atom. The first-order valence-corrected chi connectivity index (χ1v) is 15.0. The van der Waals surface area contributed by atoms with Crippen molar-refractivity contribution >= 4 is 30.0 Å². The van der Waals surface area contributed by atoms with Gasteiger partial charge in [-0.25, -0.2) is 9.59 Å². The molecule has 0 unspecified atom stereocenters. The molecule has 1 saturated heterocycles. The molecule has 3 aliphatic rings. The summed E-state index contributed by atoms with van der Waals surface area (Å²) in [7, 11) is 0. The molecule has 1 spiro atoms. The van der Waals surface area contributed by atoms with E-state index in [1.54, 1.807) is 36.4 Å². The average molecular weight is 605 g/mol. The number of hydrogen-bond donors (Lipinski definition) is 0. The summed E-state index contributed by atoms with van der Waals surface area (Å²) in [6, 6.07) is 17.9. The van der Waals surface area contributed by atoms with Crippen LogP contribution in [-0.4, -0.2) is 59.5 Å². The van der Waals surface area contributed by atoms with Crippen molar-refractivity contribution in [3.8, 4) is 0 Å². The van der Waals surface area contributed by atoms with Crippen molar-refractivity contribution in [2.24, 2.45) is 17.3 Å². The van der Waals surface area contributed by atoms with Crippen molar-refractivity contribution in [2.45, 2.75) is 90.0 Å². The molecule has 3 fully saturated rings. The van der Waals surface area contributed by atoms with Gasteiger partial charge in [-0.05, 0) is 63.3 Å². The molecule has 5 rings (SSSR count). The van der Waals surface area contributed by atoms with Crippen molar-refractivity contribution < 1.29 is 42.9 Å². The third-order valence-corrected chi connectivity index (χ3v) is 9.66. The minimum absolute atomic E-state index is 0.248. The Balaban J connectivity index is 1.59. The molecule has 2 aromatic rings. The van der Waals surface area contributed by atoms with E-state index >= 15 is 0 Å². The largest absolute Gasteiger partial charge is 0.459 e. The number of esters is 4. The highest BCUT2D eigenvalue weighted by Gasteiger charge is 2.80. The second-order valence-corrected chi connectivity index (χ2v) is 12.8. The van der Waals surface area contributed by atoms with E-state index < -0.39 is 64.9 Å². The quantitative estimate of drug-likeness (QED) is 0.236. The van der Waals surface area contributed by atoms with Crippen molar-refractivity contribution in [1.82, 2.24) is 0 Å². The molecule has 1 aliphatic heterocycles. The lowest BCUT2D eigenvalue weighted by Gasteiger charge is -2.62. The Bertz CT molecular complexity index is 1430. The van der Waals surface area contributed by atoms with Gasteiger partial charge < -0.3 is 23.7 Å². The van der Waals surface area contributed by atoms with Gasteiger partial charge in [-0.15, -0.1) is 0 Å². The molecule has 2 saturated carbocycles. The van der Waals surface area contributed by atoms with Crippen LogP contribution in [0.5, 0.6) is 0 Å². The number of hydrogen-bond acceptors (Lipinski definition) is 9. The van der Waals surface area contributed by atoms with Crippen molar-refractivity contribution in [1.29, 1.82) is 0 Å². The minimum atomic E-state index is -1.29. The lowest BCUT2D eigenvalue weighted by Crippen LogP contribution is -2.76. The van der Waals surface area contributed by atoms with Gasteiger partial charge in [0.2, 0.25) is 0 Å². The number of carbonyl (C=O) groups excluding carboxylic acids is 4. The molecule has 2 aromatic carbocycles. The fraction of sp³-hybridized carbons (Fsp3) is 0.486. The van der Waals surface area contributed by atoms with Gasteiger partial charge in [0.05, 0.1) is 16.6 Å². The fourth-order valence-electron chi connectivity index (χ4n) is 7.83. The zero-order valence-corrected chi connectivity index (χ0v) is 26.0. The second-order valence-electron chi connectivity index (χ2n) is 12.8. The molecular weight excluding hydrogens is 564 g/mol. The average Bonchev–Trinajstić information content (AvgIpc) is 3.15. The predicted octanol–water partition coefficient (Wildman–Crippen LogP) is 5.31. The lowest BCUT2D eigenvalue weighted by molar-refractivity contribution is -0.304. The number of ether oxygens (including phenoxy) is 5. The summed E-state index contributed by atoms with van der Waals surface area (Å²) in [5.74, 6) is -2.94. The fourth-order valence-corrected chi connectivity index (χ4v) is 7.83. The van der Waals surface area contributed by atoms with Gasteiger partial charge in [0.25, 0.3) is 0 Å². The Labute approximate surface area is 257 Å². The van der Waals surface area contributed by atoms with Gasteiger partial charge in [-0.3, -0.25) is 9.59 Å². The van der Waals surface area contributed by atoms with Crippen molar-refractivity contribution in [3.05, 3.63) is 77.9 Å². The Kier molecular flexibility index (Phi) is 8.46. The van der Waals surface area contributed by atoms with E-state index in [0.717, 1.165) is 5.56 Å². The summed E-state index contributed by atoms with van der Waals surface area (Å²) in [6.07, 6.45) is -0.0781. The first kappa shape index (κ1) is 31.4. The highest BCUT2D eigenvalue weighted by molar-refractivity contribution is 5.89. The lowest BCUT2D eigenvalue weighted by atomic mass is 9.48. The van der Waals surface area contributed by atoms with Gasteiger partial charge in [-0.1, -0.05) is 55.5 Å². The smallest absolute Gasteiger partial charge is 0.338 e. The van der Waals surface area contributed by atoms with Crippen LogP contribution < -0.4 is 0 Å². The molecular formula is C35H40O9. The number of carbonyl (C=O) groups is 4. The monoisotopic (exact) mass is 604 g/mol. The molecule has 9 heteroatoms. The molecule has 9 nitrogen and oxygen atoms in total. The van der Waals surface area contributed by atoms with E-state index in [1.165, 1.54) is 19.9 Å². The third kappa shape index (κ3) is 5.42. The molecule has 234 valence electrons. The van der Waals surface area contributed by atoms with Crippen LogP contribution in [0, 0.1) is 17.3 Å². The maximum atomic E-state index is 13.5. The third-order valence-electron chi connectivity index (χ3n) is 9.66. The van der Waals surface area contributed by atoms with Gasteiger partial charge in [0, 0.05) is 25.8 Å². The van der Waals surface area contributed by atoms with Crippen LogP contribution in [0.4, 0.5) is 0 Å². The molecule has 1 heterocycles. The Morgan fingerprint density at radius 3 is 2.00 bits per heavy atom. The topological polar surface area (TPSA) is 114 Å². The highest BCUT2D eigenvalue weighted by atomic mass is 16.6. The molecule has 0 radical (unpaired) electrons. The first-order chi connectivity index (χ1) is 20.8. The number of benzene rings is 2. The maximum absolute atomic E-state index is 13.5. The minimum Gasteiger partial charge on any atom is -0.459 e. The highest BCUT2D eigenvalue weighted by Crippen LogP contribution is 2.68. The van der Waals surface area contributed by atoms with E-state index in [0.29, 0.717) is 5.56 Å². The van der Waals surface area contributed by atoms with E-state index in [4.69, 9.17) is 23.7 Å². The Hall–Kier alpha value is -3.98. The molecule has 44 heavy (non-hydrogen) atoms. The van der Waals surface area contributed by atoms with E-state index in [9.17, 15) is 19.2 Å². The van der Waals surface area contributed by atoms with Gasteiger partial charge in [-0.2, -0.15) is 0 Å². The molecule has 2 bridgehead atoms. The van der Waals surface area contributed by atoms with Crippen molar-refractivity contribution in [3.63, 3.8) is 0 Å². The second kappa shape index (κ2) is 11.8. The van der Waals surface area contributed by atoms with Crippen LogP contribution >= 0.6 is 0 Å². The molecule has 8 atom stereocenters. The van der Waals surface area contributed by atoms with Crippen LogP contribution in [-0.2, 0) is 38.1 Å². The van der Waals surface area contributed by atoms with Gasteiger partial charge in [0.15, 0.2) is 6.10 Å². The summed E-state index contributed by atoms with van der Waals surface area (Å²) in [5, 5.41) is 0. The van der Waals surface area contributed by atoms with Gasteiger partial charge in [0.1, 0.15) is 23.9 Å².